The molecule has 2 aliphatic rings. The van der Waals surface area contributed by atoms with Crippen molar-refractivity contribution in [2.24, 2.45) is 0 Å². The van der Waals surface area contributed by atoms with Gasteiger partial charge in [-0.25, -0.2) is 14.4 Å². The van der Waals surface area contributed by atoms with E-state index in [2.05, 4.69) is 25.3 Å². The van der Waals surface area contributed by atoms with Crippen LogP contribution >= 0.6 is 0 Å². The fraction of sp³-hybridized carbons (Fsp3) is 0.276. The molecule has 41 heavy (non-hydrogen) atoms. The Labute approximate surface area is 233 Å². The summed E-state index contributed by atoms with van der Waals surface area (Å²) in [5, 5.41) is 10.9. The van der Waals surface area contributed by atoms with E-state index in [4.69, 9.17) is 10.7 Å². The summed E-state index contributed by atoms with van der Waals surface area (Å²) in [6.07, 6.45) is 7.75. The SMILES string of the molecule is CC(=O)c1c(C2C[C@H]3CC[C@H](C2)N3C(=O)c2ncn[nH]2)nc2c(-c3ccc(-c4cccc(F)c4)nc3)cnn2c1N. The van der Waals surface area contributed by atoms with Crippen LogP contribution in [0.2, 0.25) is 0 Å². The molecule has 1 aromatic carbocycles. The van der Waals surface area contributed by atoms with Crippen LogP contribution in [-0.4, -0.2) is 63.4 Å². The number of hydrogen-bond acceptors (Lipinski definition) is 8. The number of pyridine rings is 1. The van der Waals surface area contributed by atoms with Gasteiger partial charge in [-0.2, -0.15) is 14.7 Å². The number of ketones is 1. The summed E-state index contributed by atoms with van der Waals surface area (Å²) in [6, 6.07) is 9.98. The Hall–Kier alpha value is -5.00. The molecule has 2 fully saturated rings. The number of fused-ring (bicyclic) bond motifs is 3. The lowest BCUT2D eigenvalue weighted by atomic mass is 9.85. The average Bonchev–Trinajstić information content (AvgIpc) is 3.71. The second-order valence-electron chi connectivity index (χ2n) is 10.6. The number of halogens is 1. The highest BCUT2D eigenvalue weighted by Gasteiger charge is 2.45. The maximum absolute atomic E-state index is 13.7. The minimum absolute atomic E-state index is 0.000595. The molecule has 3 N–H and O–H groups in total. The van der Waals surface area contributed by atoms with Gasteiger partial charge in [-0.3, -0.25) is 19.7 Å². The molecule has 7 rings (SSSR count). The molecule has 12 heteroatoms. The number of anilines is 1. The van der Waals surface area contributed by atoms with Crippen molar-refractivity contribution >= 4 is 23.2 Å². The van der Waals surface area contributed by atoms with Gasteiger partial charge in [-0.05, 0) is 50.8 Å². The highest BCUT2D eigenvalue weighted by atomic mass is 19.1. The van der Waals surface area contributed by atoms with Crippen LogP contribution in [0.3, 0.4) is 0 Å². The Morgan fingerprint density at radius 2 is 1.85 bits per heavy atom. The number of benzene rings is 1. The number of nitrogens with zero attached hydrogens (tertiary/aromatic N) is 7. The minimum Gasteiger partial charge on any atom is -0.383 e. The molecule has 2 atom stereocenters. The summed E-state index contributed by atoms with van der Waals surface area (Å²) < 4.78 is 15.2. The van der Waals surface area contributed by atoms with Crippen molar-refractivity contribution in [3.05, 3.63) is 78.0 Å². The predicted octanol–water partition coefficient (Wildman–Crippen LogP) is 4.05. The minimum atomic E-state index is -0.328. The van der Waals surface area contributed by atoms with Crippen LogP contribution in [0.15, 0.2) is 55.1 Å². The summed E-state index contributed by atoms with van der Waals surface area (Å²) in [7, 11) is 0. The fourth-order valence-electron chi connectivity index (χ4n) is 6.43. The van der Waals surface area contributed by atoms with Crippen molar-refractivity contribution in [1.82, 2.24) is 39.7 Å². The molecule has 0 spiro atoms. The Morgan fingerprint density at radius 3 is 2.51 bits per heavy atom. The van der Waals surface area contributed by atoms with Crippen molar-refractivity contribution in [3.63, 3.8) is 0 Å². The Kier molecular flexibility index (Phi) is 5.84. The lowest BCUT2D eigenvalue weighted by Gasteiger charge is -2.38. The number of H-pyrrole nitrogens is 1. The second-order valence-corrected chi connectivity index (χ2v) is 10.6. The van der Waals surface area contributed by atoms with Gasteiger partial charge in [0.05, 0.1) is 23.1 Å². The molecule has 5 aromatic rings. The van der Waals surface area contributed by atoms with E-state index in [1.807, 2.05) is 17.0 Å². The van der Waals surface area contributed by atoms with E-state index in [0.717, 1.165) is 18.4 Å². The zero-order chi connectivity index (χ0) is 28.2. The van der Waals surface area contributed by atoms with E-state index < -0.39 is 0 Å². The topological polar surface area (TPSA) is 148 Å². The maximum Gasteiger partial charge on any atom is 0.291 e. The Balaban J connectivity index is 1.25. The van der Waals surface area contributed by atoms with E-state index in [1.165, 1.54) is 29.9 Å². The number of carbonyl (C=O) groups excluding carboxylic acids is 2. The number of aromatic amines is 1. The number of carbonyl (C=O) groups is 2. The first-order chi connectivity index (χ1) is 19.9. The molecular formula is C29H26FN9O2. The standard InChI is InChI=1S/C29H26FN9O2/c1-15(40)24-25(18-10-20-6-7-21(11-18)38(20)29(41)27-33-14-34-37-27)36-28-22(13-35-39(28)26(24)31)17-5-8-23(32-12-17)16-3-2-4-19(30)9-16/h2-5,8-9,12-14,18,20-21H,6-7,10-11,31H2,1H3,(H,33,34,37)/t20-,21-/m1/s1. The van der Waals surface area contributed by atoms with Crippen molar-refractivity contribution in [1.29, 1.82) is 0 Å². The van der Waals surface area contributed by atoms with Gasteiger partial charge in [0.2, 0.25) is 5.82 Å². The fourth-order valence-corrected chi connectivity index (χ4v) is 6.43. The van der Waals surface area contributed by atoms with Crippen LogP contribution in [0.5, 0.6) is 0 Å². The Bertz CT molecular complexity index is 1790. The first kappa shape index (κ1) is 25.0. The molecule has 2 saturated heterocycles. The second kappa shape index (κ2) is 9.58. The lowest BCUT2D eigenvalue weighted by molar-refractivity contribution is 0.0556. The normalized spacial score (nSPS) is 20.0. The summed E-state index contributed by atoms with van der Waals surface area (Å²) in [6.45, 7) is 1.49. The summed E-state index contributed by atoms with van der Waals surface area (Å²) >= 11 is 0. The van der Waals surface area contributed by atoms with Crippen molar-refractivity contribution in [2.45, 2.75) is 50.6 Å². The molecule has 0 aliphatic carbocycles. The van der Waals surface area contributed by atoms with Crippen LogP contribution in [0.25, 0.3) is 28.0 Å². The smallest absolute Gasteiger partial charge is 0.291 e. The monoisotopic (exact) mass is 551 g/mol. The number of nitrogens with one attached hydrogen (secondary N) is 1. The van der Waals surface area contributed by atoms with Gasteiger partial charge >= 0.3 is 0 Å². The number of nitrogen functional groups attached to an aromatic ring is 1. The van der Waals surface area contributed by atoms with Crippen LogP contribution < -0.4 is 5.73 Å². The first-order valence-electron chi connectivity index (χ1n) is 13.5. The van der Waals surface area contributed by atoms with Crippen molar-refractivity contribution < 1.29 is 14.0 Å². The van der Waals surface area contributed by atoms with Crippen molar-refractivity contribution in [3.8, 4) is 22.4 Å². The Morgan fingerprint density at radius 1 is 1.05 bits per heavy atom. The van der Waals surface area contributed by atoms with Gasteiger partial charge in [-0.1, -0.05) is 18.2 Å². The number of piperidine rings is 1. The van der Waals surface area contributed by atoms with Crippen LogP contribution in [0.4, 0.5) is 10.2 Å². The number of hydrogen-bond donors (Lipinski definition) is 2. The predicted molar refractivity (Wildman–Crippen MR) is 147 cm³/mol. The van der Waals surface area contributed by atoms with Gasteiger partial charge in [0.25, 0.3) is 5.91 Å². The van der Waals surface area contributed by atoms with Crippen LogP contribution in [0.1, 0.15) is 65.2 Å². The number of aromatic nitrogens is 7. The number of nitrogens with two attached hydrogens (primary N) is 1. The van der Waals surface area contributed by atoms with Crippen molar-refractivity contribution in [2.75, 3.05) is 5.73 Å². The largest absolute Gasteiger partial charge is 0.383 e. The molecule has 2 aliphatic heterocycles. The lowest BCUT2D eigenvalue weighted by Crippen LogP contribution is -2.46. The van der Waals surface area contributed by atoms with Gasteiger partial charge in [0, 0.05) is 40.9 Å². The molecule has 0 radical (unpaired) electrons. The zero-order valence-electron chi connectivity index (χ0n) is 22.2. The molecule has 4 aromatic heterocycles. The molecule has 11 nitrogen and oxygen atoms in total. The van der Waals surface area contributed by atoms with E-state index in [0.29, 0.717) is 46.6 Å². The van der Waals surface area contributed by atoms with E-state index in [1.54, 1.807) is 24.5 Å². The van der Waals surface area contributed by atoms with E-state index in [9.17, 15) is 14.0 Å². The van der Waals surface area contributed by atoms with E-state index >= 15 is 0 Å². The summed E-state index contributed by atoms with van der Waals surface area (Å²) in [5.41, 5.74) is 10.9. The molecule has 206 valence electrons. The van der Waals surface area contributed by atoms with E-state index in [-0.39, 0.29) is 47.2 Å². The third kappa shape index (κ3) is 4.14. The average molecular weight is 552 g/mol. The van der Waals surface area contributed by atoms with Gasteiger partial charge < -0.3 is 10.6 Å². The zero-order valence-corrected chi connectivity index (χ0v) is 22.2. The highest BCUT2D eigenvalue weighted by molar-refractivity contribution is 6.00. The van der Waals surface area contributed by atoms with Crippen LogP contribution in [0, 0.1) is 5.82 Å². The quantitative estimate of drug-likeness (QED) is 0.311. The molecule has 6 heterocycles. The molecule has 0 unspecified atom stereocenters. The first-order valence-corrected chi connectivity index (χ1v) is 13.5. The molecule has 0 saturated carbocycles. The number of Topliss-reactive ketones (excluding diaryl/α,β-unsaturated/α-hetero) is 1. The van der Waals surface area contributed by atoms with Gasteiger partial charge in [-0.15, -0.1) is 0 Å². The summed E-state index contributed by atoms with van der Waals surface area (Å²) in [5.74, 6) is -0.261. The number of amides is 1. The maximum atomic E-state index is 13.7. The molecule has 1 amide bonds. The third-order valence-electron chi connectivity index (χ3n) is 8.23. The number of rotatable bonds is 5. The van der Waals surface area contributed by atoms with Gasteiger partial charge in [0.1, 0.15) is 18.0 Å². The van der Waals surface area contributed by atoms with Gasteiger partial charge in [0.15, 0.2) is 11.4 Å². The molecular weight excluding hydrogens is 525 g/mol. The van der Waals surface area contributed by atoms with Crippen LogP contribution in [-0.2, 0) is 0 Å². The third-order valence-corrected chi connectivity index (χ3v) is 8.23. The summed E-state index contributed by atoms with van der Waals surface area (Å²) in [4.78, 5) is 41.5. The highest BCUT2D eigenvalue weighted by Crippen LogP contribution is 2.45. The molecule has 2 bridgehead atoms.